The number of nitrogens with two attached hydrogens (primary N) is 1. The molecule has 1 fully saturated rings. The third-order valence-electron chi connectivity index (χ3n) is 2.95. The number of rotatable bonds is 6. The molecule has 1 amide bonds. The van der Waals surface area contributed by atoms with E-state index in [1.54, 1.807) is 10.9 Å². The molecular formula is C12H16N6OS. The van der Waals surface area contributed by atoms with E-state index < -0.39 is 0 Å². The quantitative estimate of drug-likeness (QED) is 0.735. The Morgan fingerprint density at radius 2 is 2.40 bits per heavy atom. The number of carbonyl (C=O) groups is 1. The molecule has 0 aliphatic heterocycles. The summed E-state index contributed by atoms with van der Waals surface area (Å²) in [5.41, 5.74) is 5.79. The second-order valence-electron chi connectivity index (χ2n) is 4.68. The molecule has 0 unspecified atom stereocenters. The van der Waals surface area contributed by atoms with E-state index in [-0.39, 0.29) is 11.7 Å². The lowest BCUT2D eigenvalue weighted by molar-refractivity contribution is 0.0956. The molecule has 20 heavy (non-hydrogen) atoms. The first kappa shape index (κ1) is 12.9. The fourth-order valence-electron chi connectivity index (χ4n) is 1.76. The Morgan fingerprint density at radius 1 is 1.55 bits per heavy atom. The molecule has 0 saturated heterocycles. The zero-order valence-corrected chi connectivity index (χ0v) is 11.7. The summed E-state index contributed by atoms with van der Waals surface area (Å²) in [6, 6.07) is 2.34. The topological polar surface area (TPSA) is 97.9 Å². The van der Waals surface area contributed by atoms with Gasteiger partial charge in [0.25, 0.3) is 5.91 Å². The molecule has 0 radical (unpaired) electrons. The number of amides is 1. The van der Waals surface area contributed by atoms with E-state index in [9.17, 15) is 4.79 Å². The molecule has 1 saturated carbocycles. The van der Waals surface area contributed by atoms with Gasteiger partial charge in [0, 0.05) is 25.0 Å². The fraction of sp³-hybridized carbons (Fsp3) is 0.417. The highest BCUT2D eigenvalue weighted by Gasteiger charge is 2.24. The van der Waals surface area contributed by atoms with Gasteiger partial charge in [-0.15, -0.1) is 0 Å². The summed E-state index contributed by atoms with van der Waals surface area (Å²) < 4.78 is 1.76. The number of aromatic nitrogens is 3. The summed E-state index contributed by atoms with van der Waals surface area (Å²) in [6.07, 6.45) is 5.87. The van der Waals surface area contributed by atoms with E-state index in [0.29, 0.717) is 24.0 Å². The summed E-state index contributed by atoms with van der Waals surface area (Å²) in [4.78, 5) is 16.7. The molecule has 2 aromatic heterocycles. The molecule has 0 spiro atoms. The smallest absolute Gasteiger partial charge is 0.265 e. The molecule has 4 N–H and O–H groups in total. The molecule has 0 bridgehead atoms. The monoisotopic (exact) mass is 292 g/mol. The van der Waals surface area contributed by atoms with Crippen molar-refractivity contribution >= 4 is 28.2 Å². The SMILES string of the molecule is Nc1nc(NC2CC2)sc1C(=O)NCCn1cccn1. The van der Waals surface area contributed by atoms with Crippen LogP contribution in [0.2, 0.25) is 0 Å². The standard InChI is InChI=1S/C12H16N6OS/c13-10-9(20-12(17-10)16-8-2-3-8)11(19)14-5-7-18-6-1-4-15-18/h1,4,6,8H,2-3,5,7,13H2,(H,14,19)(H,16,17). The molecule has 7 nitrogen and oxygen atoms in total. The lowest BCUT2D eigenvalue weighted by atomic mass is 10.4. The first-order valence-electron chi connectivity index (χ1n) is 6.51. The number of nitrogens with one attached hydrogen (secondary N) is 2. The van der Waals surface area contributed by atoms with Gasteiger partial charge in [-0.2, -0.15) is 5.10 Å². The minimum atomic E-state index is -0.184. The number of nitrogens with zero attached hydrogens (tertiary/aromatic N) is 3. The van der Waals surface area contributed by atoms with Crippen molar-refractivity contribution in [3.63, 3.8) is 0 Å². The third kappa shape index (κ3) is 3.08. The Labute approximate surface area is 120 Å². The van der Waals surface area contributed by atoms with Crippen molar-refractivity contribution < 1.29 is 4.79 Å². The van der Waals surface area contributed by atoms with Crippen LogP contribution in [0, 0.1) is 0 Å². The molecule has 8 heteroatoms. The summed E-state index contributed by atoms with van der Waals surface area (Å²) in [7, 11) is 0. The Kier molecular flexibility index (Phi) is 3.55. The van der Waals surface area contributed by atoms with Gasteiger partial charge in [0.2, 0.25) is 0 Å². The van der Waals surface area contributed by atoms with Crippen molar-refractivity contribution in [3.8, 4) is 0 Å². The number of hydrogen-bond donors (Lipinski definition) is 3. The molecule has 1 aliphatic carbocycles. The van der Waals surface area contributed by atoms with E-state index in [1.165, 1.54) is 11.3 Å². The van der Waals surface area contributed by atoms with Crippen LogP contribution in [0.15, 0.2) is 18.5 Å². The van der Waals surface area contributed by atoms with Gasteiger partial charge in [0.1, 0.15) is 10.7 Å². The van der Waals surface area contributed by atoms with Gasteiger partial charge in [-0.05, 0) is 18.9 Å². The van der Waals surface area contributed by atoms with Crippen molar-refractivity contribution in [1.82, 2.24) is 20.1 Å². The minimum absolute atomic E-state index is 0.184. The number of hydrogen-bond acceptors (Lipinski definition) is 6. The van der Waals surface area contributed by atoms with Crippen LogP contribution in [0.4, 0.5) is 10.9 Å². The number of nitrogen functional groups attached to an aromatic ring is 1. The van der Waals surface area contributed by atoms with E-state index >= 15 is 0 Å². The van der Waals surface area contributed by atoms with Gasteiger partial charge in [-0.3, -0.25) is 9.48 Å². The van der Waals surface area contributed by atoms with Crippen LogP contribution in [0.5, 0.6) is 0 Å². The average Bonchev–Trinajstić information content (AvgIpc) is 2.94. The lowest BCUT2D eigenvalue weighted by Crippen LogP contribution is -2.27. The second-order valence-corrected chi connectivity index (χ2v) is 5.68. The Hall–Kier alpha value is -2.09. The third-order valence-corrected chi connectivity index (χ3v) is 3.95. The number of anilines is 2. The van der Waals surface area contributed by atoms with Crippen LogP contribution in [0.1, 0.15) is 22.5 Å². The van der Waals surface area contributed by atoms with Crippen molar-refractivity contribution in [3.05, 3.63) is 23.3 Å². The average molecular weight is 292 g/mol. The van der Waals surface area contributed by atoms with E-state index in [2.05, 4.69) is 20.7 Å². The normalized spacial score (nSPS) is 14.2. The molecule has 0 aromatic carbocycles. The highest BCUT2D eigenvalue weighted by atomic mass is 32.1. The molecule has 2 aromatic rings. The van der Waals surface area contributed by atoms with Crippen molar-refractivity contribution in [1.29, 1.82) is 0 Å². The Bertz CT molecular complexity index is 589. The fourth-order valence-corrected chi connectivity index (χ4v) is 2.63. The molecule has 1 aliphatic rings. The van der Waals surface area contributed by atoms with Gasteiger partial charge < -0.3 is 16.4 Å². The highest BCUT2D eigenvalue weighted by molar-refractivity contribution is 7.18. The van der Waals surface area contributed by atoms with Crippen LogP contribution < -0.4 is 16.4 Å². The van der Waals surface area contributed by atoms with Gasteiger partial charge in [0.15, 0.2) is 5.13 Å². The van der Waals surface area contributed by atoms with E-state index in [0.717, 1.165) is 18.0 Å². The molecule has 2 heterocycles. The zero-order valence-electron chi connectivity index (χ0n) is 10.9. The zero-order chi connectivity index (χ0) is 13.9. The molecule has 3 rings (SSSR count). The first-order chi connectivity index (χ1) is 9.72. The number of carbonyl (C=O) groups excluding carboxylic acids is 1. The summed E-state index contributed by atoms with van der Waals surface area (Å²) in [5.74, 6) is 0.103. The van der Waals surface area contributed by atoms with Gasteiger partial charge in [-0.25, -0.2) is 4.98 Å². The van der Waals surface area contributed by atoms with E-state index in [4.69, 9.17) is 5.73 Å². The van der Waals surface area contributed by atoms with Crippen molar-refractivity contribution in [2.45, 2.75) is 25.4 Å². The maximum absolute atomic E-state index is 12.0. The molecule has 106 valence electrons. The van der Waals surface area contributed by atoms with Crippen LogP contribution in [0.25, 0.3) is 0 Å². The Balaban J connectivity index is 1.54. The van der Waals surface area contributed by atoms with Gasteiger partial charge in [0.05, 0.1) is 6.54 Å². The Morgan fingerprint density at radius 3 is 3.10 bits per heavy atom. The van der Waals surface area contributed by atoms with Crippen LogP contribution in [-0.4, -0.2) is 33.3 Å². The summed E-state index contributed by atoms with van der Waals surface area (Å²) in [5, 5.41) is 10.9. The minimum Gasteiger partial charge on any atom is -0.382 e. The molecular weight excluding hydrogens is 276 g/mol. The summed E-state index contributed by atoms with van der Waals surface area (Å²) >= 11 is 1.30. The molecule has 0 atom stereocenters. The predicted molar refractivity (Wildman–Crippen MR) is 77.7 cm³/mol. The maximum Gasteiger partial charge on any atom is 0.265 e. The van der Waals surface area contributed by atoms with Crippen LogP contribution in [-0.2, 0) is 6.54 Å². The first-order valence-corrected chi connectivity index (χ1v) is 7.32. The van der Waals surface area contributed by atoms with Crippen molar-refractivity contribution in [2.24, 2.45) is 0 Å². The van der Waals surface area contributed by atoms with E-state index in [1.807, 2.05) is 12.3 Å². The second kappa shape index (κ2) is 5.49. The van der Waals surface area contributed by atoms with Crippen LogP contribution in [0.3, 0.4) is 0 Å². The van der Waals surface area contributed by atoms with Crippen LogP contribution >= 0.6 is 11.3 Å². The highest BCUT2D eigenvalue weighted by Crippen LogP contribution is 2.30. The van der Waals surface area contributed by atoms with Crippen molar-refractivity contribution in [2.75, 3.05) is 17.6 Å². The van der Waals surface area contributed by atoms with Gasteiger partial charge >= 0.3 is 0 Å². The summed E-state index contributed by atoms with van der Waals surface area (Å²) in [6.45, 7) is 1.13. The number of thiazole rings is 1. The predicted octanol–water partition coefficient (Wildman–Crippen LogP) is 0.926. The maximum atomic E-state index is 12.0. The lowest BCUT2D eigenvalue weighted by Gasteiger charge is -2.04. The largest absolute Gasteiger partial charge is 0.382 e. The van der Waals surface area contributed by atoms with Gasteiger partial charge in [-0.1, -0.05) is 11.3 Å².